The average molecular weight is 419 g/mol. The third-order valence-electron chi connectivity index (χ3n) is 5.48. The van der Waals surface area contributed by atoms with E-state index in [-0.39, 0.29) is 0 Å². The molecule has 0 saturated heterocycles. The molecule has 0 radical (unpaired) electrons. The van der Waals surface area contributed by atoms with E-state index >= 15 is 0 Å². The van der Waals surface area contributed by atoms with Crippen LogP contribution in [0.15, 0.2) is 102 Å². The summed E-state index contributed by atoms with van der Waals surface area (Å²) >= 11 is 0. The van der Waals surface area contributed by atoms with Gasteiger partial charge in [-0.15, -0.1) is 0 Å². The number of ether oxygens (including phenoxy) is 1. The van der Waals surface area contributed by atoms with E-state index in [2.05, 4.69) is 36.3 Å². The van der Waals surface area contributed by atoms with Crippen molar-refractivity contribution in [1.29, 1.82) is 0 Å². The quantitative estimate of drug-likeness (QED) is 0.291. The van der Waals surface area contributed by atoms with Gasteiger partial charge in [-0.05, 0) is 35.4 Å². The first-order valence-corrected chi connectivity index (χ1v) is 10.5. The molecule has 0 amide bonds. The molecule has 4 aromatic carbocycles. The number of aryl methyl sites for hydroxylation is 1. The van der Waals surface area contributed by atoms with Gasteiger partial charge in [0.25, 0.3) is 0 Å². The second-order valence-electron chi connectivity index (χ2n) is 7.72. The molecule has 5 rings (SSSR count). The van der Waals surface area contributed by atoms with E-state index < -0.39 is 5.97 Å². The van der Waals surface area contributed by atoms with E-state index in [0.29, 0.717) is 23.6 Å². The fourth-order valence-corrected chi connectivity index (χ4v) is 3.75. The molecular formula is C28H21NO3. The molecule has 0 N–H and O–H groups in total. The Kier molecular flexibility index (Phi) is 5.26. The van der Waals surface area contributed by atoms with Crippen molar-refractivity contribution in [2.24, 2.45) is 5.16 Å². The Morgan fingerprint density at radius 1 is 0.875 bits per heavy atom. The highest BCUT2D eigenvalue weighted by molar-refractivity contribution is 6.31. The molecule has 1 aliphatic rings. The van der Waals surface area contributed by atoms with Crippen LogP contribution in [0.1, 0.15) is 22.3 Å². The Labute approximate surface area is 186 Å². The molecule has 1 aliphatic heterocycles. The number of nitrogens with zero attached hydrogens (tertiary/aromatic N) is 1. The molecule has 0 unspecified atom stereocenters. The monoisotopic (exact) mass is 419 g/mol. The van der Waals surface area contributed by atoms with Crippen molar-refractivity contribution in [3.63, 3.8) is 0 Å². The molecule has 0 fully saturated rings. The van der Waals surface area contributed by atoms with Crippen LogP contribution >= 0.6 is 0 Å². The molecule has 0 spiro atoms. The Balaban J connectivity index is 1.58. The predicted molar refractivity (Wildman–Crippen MR) is 127 cm³/mol. The van der Waals surface area contributed by atoms with Crippen molar-refractivity contribution in [2.45, 2.75) is 13.5 Å². The van der Waals surface area contributed by atoms with Crippen LogP contribution in [0, 0.1) is 6.92 Å². The van der Waals surface area contributed by atoms with Crippen molar-refractivity contribution in [1.82, 2.24) is 0 Å². The van der Waals surface area contributed by atoms with Crippen LogP contribution in [0.25, 0.3) is 16.8 Å². The maximum atomic E-state index is 12.6. The van der Waals surface area contributed by atoms with Gasteiger partial charge in [-0.1, -0.05) is 95.6 Å². The zero-order valence-electron chi connectivity index (χ0n) is 17.6. The normalized spacial score (nSPS) is 14.5. The second kappa shape index (κ2) is 8.52. The highest BCUT2D eigenvalue weighted by Crippen LogP contribution is 2.32. The van der Waals surface area contributed by atoms with Crippen LogP contribution in [0.5, 0.6) is 5.75 Å². The molecule has 4 nitrogen and oxygen atoms in total. The van der Waals surface area contributed by atoms with Crippen molar-refractivity contribution in [3.8, 4) is 5.75 Å². The summed E-state index contributed by atoms with van der Waals surface area (Å²) in [6, 6.07) is 29.8. The highest BCUT2D eigenvalue weighted by atomic mass is 16.7. The summed E-state index contributed by atoms with van der Waals surface area (Å²) in [6.07, 6.45) is 1.83. The minimum absolute atomic E-state index is 0.410. The van der Waals surface area contributed by atoms with E-state index in [4.69, 9.17) is 9.57 Å². The number of carbonyl (C=O) groups is 1. The SMILES string of the molecule is Cc1ccc(COc2ccc3ccccc3c2/C=C2\C(=O)ON=C2c2ccccc2)cc1. The van der Waals surface area contributed by atoms with Gasteiger partial charge < -0.3 is 9.57 Å². The van der Waals surface area contributed by atoms with Crippen molar-refractivity contribution in [2.75, 3.05) is 0 Å². The summed E-state index contributed by atoms with van der Waals surface area (Å²) in [6.45, 7) is 2.49. The molecule has 1 heterocycles. The number of hydrogen-bond acceptors (Lipinski definition) is 4. The van der Waals surface area contributed by atoms with Gasteiger partial charge in [0.05, 0.1) is 5.57 Å². The average Bonchev–Trinajstić information content (AvgIpc) is 3.20. The van der Waals surface area contributed by atoms with Crippen LogP contribution in [0.4, 0.5) is 0 Å². The Morgan fingerprint density at radius 3 is 2.44 bits per heavy atom. The summed E-state index contributed by atoms with van der Waals surface area (Å²) in [5.74, 6) is 0.227. The lowest BCUT2D eigenvalue weighted by molar-refractivity contribution is -0.136. The van der Waals surface area contributed by atoms with E-state index in [9.17, 15) is 4.79 Å². The molecule has 0 saturated carbocycles. The number of hydrogen-bond donors (Lipinski definition) is 0. The standard InChI is InChI=1S/C28H21NO3/c1-19-11-13-20(14-12-19)18-31-26-16-15-21-7-5-6-10-23(21)24(26)17-25-27(29-32-28(25)30)22-8-3-2-4-9-22/h2-17H,18H2,1H3/b25-17-. The molecular weight excluding hydrogens is 398 g/mol. The zero-order chi connectivity index (χ0) is 21.9. The van der Waals surface area contributed by atoms with E-state index in [0.717, 1.165) is 27.5 Å². The molecule has 4 heteroatoms. The molecule has 0 atom stereocenters. The summed E-state index contributed by atoms with van der Waals surface area (Å²) in [5.41, 5.74) is 4.87. The lowest BCUT2D eigenvalue weighted by atomic mass is 9.97. The lowest BCUT2D eigenvalue weighted by Gasteiger charge is -2.13. The third-order valence-corrected chi connectivity index (χ3v) is 5.48. The molecule has 32 heavy (non-hydrogen) atoms. The van der Waals surface area contributed by atoms with Crippen LogP contribution in [-0.4, -0.2) is 11.7 Å². The maximum absolute atomic E-state index is 12.6. The van der Waals surface area contributed by atoms with Gasteiger partial charge in [-0.3, -0.25) is 0 Å². The van der Waals surface area contributed by atoms with Crippen LogP contribution in [0.3, 0.4) is 0 Å². The molecule has 0 aliphatic carbocycles. The smallest absolute Gasteiger partial charge is 0.368 e. The summed E-state index contributed by atoms with van der Waals surface area (Å²) in [7, 11) is 0. The first kappa shape index (κ1) is 19.8. The summed E-state index contributed by atoms with van der Waals surface area (Å²) in [4.78, 5) is 17.6. The number of oxime groups is 1. The van der Waals surface area contributed by atoms with Gasteiger partial charge in [0.2, 0.25) is 0 Å². The molecule has 156 valence electrons. The van der Waals surface area contributed by atoms with Crippen LogP contribution in [0.2, 0.25) is 0 Å². The number of fused-ring (bicyclic) bond motifs is 1. The predicted octanol–water partition coefficient (Wildman–Crippen LogP) is 6.07. The zero-order valence-corrected chi connectivity index (χ0v) is 17.6. The van der Waals surface area contributed by atoms with Crippen molar-refractivity contribution < 1.29 is 14.4 Å². The molecule has 0 aromatic heterocycles. The van der Waals surface area contributed by atoms with Crippen molar-refractivity contribution >= 4 is 28.5 Å². The summed E-state index contributed by atoms with van der Waals surface area (Å²) in [5, 5.41) is 6.09. The van der Waals surface area contributed by atoms with Gasteiger partial charge in [-0.2, -0.15) is 0 Å². The van der Waals surface area contributed by atoms with Gasteiger partial charge in [0.15, 0.2) is 0 Å². The Morgan fingerprint density at radius 2 is 1.62 bits per heavy atom. The van der Waals surface area contributed by atoms with Gasteiger partial charge in [0, 0.05) is 11.1 Å². The van der Waals surface area contributed by atoms with E-state index in [1.54, 1.807) is 0 Å². The van der Waals surface area contributed by atoms with E-state index in [1.807, 2.05) is 72.8 Å². The number of rotatable bonds is 5. The topological polar surface area (TPSA) is 47.9 Å². The minimum Gasteiger partial charge on any atom is -0.488 e. The fourth-order valence-electron chi connectivity index (χ4n) is 3.75. The minimum atomic E-state index is -0.471. The fraction of sp³-hybridized carbons (Fsp3) is 0.0714. The third kappa shape index (κ3) is 3.91. The molecule has 4 aromatic rings. The first-order valence-electron chi connectivity index (χ1n) is 10.5. The van der Waals surface area contributed by atoms with Crippen molar-refractivity contribution in [3.05, 3.63) is 119 Å². The first-order chi connectivity index (χ1) is 15.7. The largest absolute Gasteiger partial charge is 0.488 e. The Hall–Kier alpha value is -4.18. The number of benzene rings is 4. The second-order valence-corrected chi connectivity index (χ2v) is 7.72. The number of carbonyl (C=O) groups excluding carboxylic acids is 1. The Bertz CT molecular complexity index is 1350. The van der Waals surface area contributed by atoms with E-state index in [1.165, 1.54) is 5.56 Å². The van der Waals surface area contributed by atoms with Gasteiger partial charge in [-0.25, -0.2) is 4.79 Å². The summed E-state index contributed by atoms with van der Waals surface area (Å²) < 4.78 is 6.22. The lowest BCUT2D eigenvalue weighted by Crippen LogP contribution is -2.07. The van der Waals surface area contributed by atoms with Gasteiger partial charge in [0.1, 0.15) is 18.1 Å². The maximum Gasteiger partial charge on any atom is 0.368 e. The van der Waals surface area contributed by atoms with Crippen LogP contribution < -0.4 is 4.74 Å². The van der Waals surface area contributed by atoms with Crippen LogP contribution in [-0.2, 0) is 16.2 Å². The highest BCUT2D eigenvalue weighted by Gasteiger charge is 2.27. The molecule has 0 bridgehead atoms. The van der Waals surface area contributed by atoms with Gasteiger partial charge >= 0.3 is 5.97 Å².